The third kappa shape index (κ3) is 4.72. The highest BCUT2D eigenvalue weighted by Gasteiger charge is 2.49. The maximum Gasteiger partial charge on any atom is 0.317 e. The van der Waals surface area contributed by atoms with E-state index in [0.29, 0.717) is 25.8 Å². The van der Waals surface area contributed by atoms with Gasteiger partial charge >= 0.3 is 5.97 Å². The Bertz CT molecular complexity index is 672. The van der Waals surface area contributed by atoms with Crippen molar-refractivity contribution in [3.63, 3.8) is 0 Å². The lowest BCUT2D eigenvalue weighted by atomic mass is 9.82. The van der Waals surface area contributed by atoms with Crippen molar-refractivity contribution in [2.45, 2.75) is 44.1 Å². The second kappa shape index (κ2) is 8.20. The number of halogens is 2. The van der Waals surface area contributed by atoms with Gasteiger partial charge in [-0.05, 0) is 32.2 Å². The molecule has 156 valence electrons. The molecule has 3 heterocycles. The number of imide groups is 1. The van der Waals surface area contributed by atoms with Crippen LogP contribution in [0.3, 0.4) is 0 Å². The summed E-state index contributed by atoms with van der Waals surface area (Å²) in [5.41, 5.74) is 0. The highest BCUT2D eigenvalue weighted by Crippen LogP contribution is 2.34. The molecule has 3 aliphatic heterocycles. The molecule has 0 aromatic carbocycles. The predicted octanol–water partition coefficient (Wildman–Crippen LogP) is 0.115. The van der Waals surface area contributed by atoms with Gasteiger partial charge in [0.15, 0.2) is 0 Å². The summed E-state index contributed by atoms with van der Waals surface area (Å²) in [6, 6.07) is -1.09. The summed E-state index contributed by atoms with van der Waals surface area (Å²) >= 11 is 0. The highest BCUT2D eigenvalue weighted by atomic mass is 19.3. The first-order chi connectivity index (χ1) is 13.2. The number of Topliss-reactive ketones (excluding diaryl/α,β-unsaturated/α-hetero) is 1. The van der Waals surface area contributed by atoms with Crippen molar-refractivity contribution >= 4 is 23.6 Å². The van der Waals surface area contributed by atoms with E-state index in [0.717, 1.165) is 0 Å². The first-order valence-electron chi connectivity index (χ1n) is 9.58. The van der Waals surface area contributed by atoms with Crippen LogP contribution in [0.4, 0.5) is 8.78 Å². The minimum atomic E-state index is -3.09. The molecule has 0 radical (unpaired) electrons. The minimum Gasteiger partial charge on any atom is -0.480 e. The van der Waals surface area contributed by atoms with Crippen LogP contribution in [0.25, 0.3) is 0 Å². The molecular formula is C18H25F2N3O5. The van der Waals surface area contributed by atoms with Crippen molar-refractivity contribution in [1.29, 1.82) is 0 Å². The maximum absolute atomic E-state index is 14.6. The highest BCUT2D eigenvalue weighted by molar-refractivity contribution is 5.98. The number of aliphatic carboxylic acids is 1. The molecule has 3 fully saturated rings. The molecule has 0 spiro atoms. The molecule has 2 amide bonds. The van der Waals surface area contributed by atoms with Crippen molar-refractivity contribution in [3.05, 3.63) is 0 Å². The van der Waals surface area contributed by atoms with E-state index in [1.54, 1.807) is 0 Å². The number of hydrogen-bond acceptors (Lipinski definition) is 6. The molecule has 3 saturated heterocycles. The number of hydrogen-bond donors (Lipinski definition) is 2. The molecule has 28 heavy (non-hydrogen) atoms. The molecule has 2 unspecified atom stereocenters. The summed E-state index contributed by atoms with van der Waals surface area (Å²) in [6.07, 6.45) is 1.52. The van der Waals surface area contributed by atoms with Gasteiger partial charge < -0.3 is 5.11 Å². The summed E-state index contributed by atoms with van der Waals surface area (Å²) in [4.78, 5) is 49.1. The summed E-state index contributed by atoms with van der Waals surface area (Å²) in [5, 5.41) is 11.1. The fourth-order valence-electron chi connectivity index (χ4n) is 4.49. The average Bonchev–Trinajstić information content (AvgIpc) is 2.57. The lowest BCUT2D eigenvalue weighted by Crippen LogP contribution is -2.61. The fourth-order valence-corrected chi connectivity index (χ4v) is 4.49. The number of carbonyl (C=O) groups excluding carboxylic acids is 3. The number of piperidine rings is 3. The lowest BCUT2D eigenvalue weighted by Gasteiger charge is -2.45. The molecule has 10 heteroatoms. The second-order valence-corrected chi connectivity index (χ2v) is 7.98. The number of carboxylic acids is 1. The fraction of sp³-hybridized carbons (Fsp3) is 0.778. The number of ketones is 1. The number of likely N-dealkylation sites (tertiary alicyclic amines) is 2. The molecule has 0 aliphatic carbocycles. The van der Waals surface area contributed by atoms with Crippen molar-refractivity contribution < 1.29 is 33.1 Å². The summed E-state index contributed by atoms with van der Waals surface area (Å²) in [5.74, 6) is -5.80. The van der Waals surface area contributed by atoms with E-state index in [1.165, 1.54) is 9.80 Å². The van der Waals surface area contributed by atoms with Crippen LogP contribution in [-0.2, 0) is 19.2 Å². The topological polar surface area (TPSA) is 107 Å². The van der Waals surface area contributed by atoms with Crippen LogP contribution < -0.4 is 5.32 Å². The number of nitrogens with zero attached hydrogens (tertiary/aromatic N) is 2. The van der Waals surface area contributed by atoms with Crippen LogP contribution in [-0.4, -0.2) is 83.2 Å². The van der Waals surface area contributed by atoms with Gasteiger partial charge in [0, 0.05) is 24.8 Å². The number of alkyl halides is 2. The standard InChI is InChI=1S/C18H25F2N3O5/c19-18(20)10-22(9-16(26)27)5-4-14(18)23-6-3-11(13(24)8-23)7-12-1-2-15(25)21-17(12)28/h11-12,14H,1-10H2,(H,26,27)(H,21,25,28)/t11-,12?,14?/m1/s1. The number of rotatable bonds is 5. The number of carbonyl (C=O) groups is 4. The summed E-state index contributed by atoms with van der Waals surface area (Å²) in [6.45, 7) is -0.555. The Balaban J connectivity index is 1.55. The summed E-state index contributed by atoms with van der Waals surface area (Å²) < 4.78 is 29.1. The van der Waals surface area contributed by atoms with E-state index >= 15 is 0 Å². The van der Waals surface area contributed by atoms with E-state index < -0.39 is 31.0 Å². The second-order valence-electron chi connectivity index (χ2n) is 7.98. The van der Waals surface area contributed by atoms with Gasteiger partial charge in [0.05, 0.1) is 25.7 Å². The zero-order chi connectivity index (χ0) is 20.5. The zero-order valence-electron chi connectivity index (χ0n) is 15.5. The first kappa shape index (κ1) is 20.8. The lowest BCUT2D eigenvalue weighted by molar-refractivity contribution is -0.152. The van der Waals surface area contributed by atoms with Gasteiger partial charge in [0.25, 0.3) is 5.92 Å². The Morgan fingerprint density at radius 3 is 2.50 bits per heavy atom. The smallest absolute Gasteiger partial charge is 0.317 e. The molecule has 3 aliphatic rings. The van der Waals surface area contributed by atoms with Gasteiger partial charge in [-0.2, -0.15) is 0 Å². The molecule has 0 bridgehead atoms. The van der Waals surface area contributed by atoms with Gasteiger partial charge in [-0.15, -0.1) is 0 Å². The van der Waals surface area contributed by atoms with Crippen LogP contribution in [0.2, 0.25) is 0 Å². The van der Waals surface area contributed by atoms with Crippen LogP contribution in [0, 0.1) is 11.8 Å². The van der Waals surface area contributed by atoms with E-state index in [4.69, 9.17) is 5.11 Å². The molecule has 0 aromatic rings. The van der Waals surface area contributed by atoms with Crippen LogP contribution in [0.5, 0.6) is 0 Å². The SMILES string of the molecule is O=C(O)CN1CCC(N2CC[C@H](CC3CCC(=O)NC3=O)C(=O)C2)C(F)(F)C1. The molecule has 2 N–H and O–H groups in total. The van der Waals surface area contributed by atoms with Crippen molar-refractivity contribution in [1.82, 2.24) is 15.1 Å². The predicted molar refractivity (Wildman–Crippen MR) is 92.6 cm³/mol. The van der Waals surface area contributed by atoms with Crippen molar-refractivity contribution in [2.75, 3.05) is 32.7 Å². The number of amides is 2. The van der Waals surface area contributed by atoms with Gasteiger partial charge in [0.2, 0.25) is 11.8 Å². The van der Waals surface area contributed by atoms with Gasteiger partial charge in [-0.25, -0.2) is 8.78 Å². The Kier molecular flexibility index (Phi) is 6.09. The molecular weight excluding hydrogens is 376 g/mol. The van der Waals surface area contributed by atoms with Crippen LogP contribution in [0.1, 0.15) is 32.1 Å². The molecule has 0 aromatic heterocycles. The Labute approximate surface area is 161 Å². The number of nitrogens with one attached hydrogen (secondary N) is 1. The van der Waals surface area contributed by atoms with Crippen LogP contribution >= 0.6 is 0 Å². The molecule has 8 nitrogen and oxygen atoms in total. The quantitative estimate of drug-likeness (QED) is 0.630. The molecule has 3 atom stereocenters. The Hall–Kier alpha value is -1.94. The van der Waals surface area contributed by atoms with E-state index in [-0.39, 0.29) is 55.4 Å². The van der Waals surface area contributed by atoms with Crippen molar-refractivity contribution in [2.24, 2.45) is 11.8 Å². The van der Waals surface area contributed by atoms with Crippen molar-refractivity contribution in [3.8, 4) is 0 Å². The van der Waals surface area contributed by atoms with Gasteiger partial charge in [0.1, 0.15) is 5.78 Å². The minimum absolute atomic E-state index is 0.0862. The Morgan fingerprint density at radius 2 is 1.89 bits per heavy atom. The summed E-state index contributed by atoms with van der Waals surface area (Å²) in [7, 11) is 0. The normalized spacial score (nSPS) is 32.2. The third-order valence-electron chi connectivity index (χ3n) is 5.94. The monoisotopic (exact) mass is 401 g/mol. The molecule has 0 saturated carbocycles. The maximum atomic E-state index is 14.6. The van der Waals surface area contributed by atoms with E-state index in [1.807, 2.05) is 0 Å². The van der Waals surface area contributed by atoms with E-state index in [9.17, 15) is 28.0 Å². The van der Waals surface area contributed by atoms with Gasteiger partial charge in [-0.1, -0.05) is 0 Å². The zero-order valence-corrected chi connectivity index (χ0v) is 15.5. The Morgan fingerprint density at radius 1 is 1.14 bits per heavy atom. The average molecular weight is 401 g/mol. The van der Waals surface area contributed by atoms with E-state index in [2.05, 4.69) is 5.32 Å². The van der Waals surface area contributed by atoms with Crippen LogP contribution in [0.15, 0.2) is 0 Å². The first-order valence-corrected chi connectivity index (χ1v) is 9.58. The molecule has 3 rings (SSSR count). The third-order valence-corrected chi connectivity index (χ3v) is 5.94. The number of carboxylic acid groups (broad SMARTS) is 1. The largest absolute Gasteiger partial charge is 0.480 e. The van der Waals surface area contributed by atoms with Gasteiger partial charge in [-0.3, -0.25) is 34.3 Å².